The highest BCUT2D eigenvalue weighted by atomic mass is 35.5. The largest absolute Gasteiger partial charge is 0.346 e. The van der Waals surface area contributed by atoms with Crippen molar-refractivity contribution in [1.82, 2.24) is 25.4 Å². The zero-order chi connectivity index (χ0) is 18.1. The van der Waals surface area contributed by atoms with Crippen LogP contribution in [0.4, 0.5) is 4.39 Å². The van der Waals surface area contributed by atoms with Crippen LogP contribution in [-0.2, 0) is 19.6 Å². The van der Waals surface area contributed by atoms with E-state index in [0.717, 1.165) is 37.4 Å². The Kier molecular flexibility index (Phi) is 5.57. The third kappa shape index (κ3) is 4.01. The van der Waals surface area contributed by atoms with Crippen molar-refractivity contribution in [3.8, 4) is 0 Å². The molecule has 1 aromatic carbocycles. The maximum absolute atomic E-state index is 13.6. The highest BCUT2D eigenvalue weighted by molar-refractivity contribution is 6.05. The molecule has 0 atom stereocenters. The summed E-state index contributed by atoms with van der Waals surface area (Å²) in [6.07, 6.45) is 1.00. The van der Waals surface area contributed by atoms with Gasteiger partial charge in [-0.05, 0) is 37.2 Å². The number of benzene rings is 1. The summed E-state index contributed by atoms with van der Waals surface area (Å²) in [6.45, 7) is 2.79. The van der Waals surface area contributed by atoms with Gasteiger partial charge in [-0.2, -0.15) is 5.10 Å². The number of aromatic nitrogens is 3. The lowest BCUT2D eigenvalue weighted by Gasteiger charge is -2.07. The number of rotatable bonds is 3. The standard InChI is InChI=1S/C18H18FN5O2.ClH/c19-11-2-3-16-14(6-11)15(8-17(25)22-16)18(26)21-9-12-7-13-10-20-4-1-5-24(13)23-12;/h2-3,6-8,20H,1,4-5,9-10H2,(H,21,26)(H,22,25);1H. The predicted octanol–water partition coefficient (Wildman–Crippen LogP) is 1.71. The van der Waals surface area contributed by atoms with Gasteiger partial charge >= 0.3 is 0 Å². The highest BCUT2D eigenvalue weighted by Gasteiger charge is 2.15. The van der Waals surface area contributed by atoms with Crippen LogP contribution in [0.25, 0.3) is 10.9 Å². The van der Waals surface area contributed by atoms with Gasteiger partial charge in [0.25, 0.3) is 5.91 Å². The van der Waals surface area contributed by atoms with E-state index in [9.17, 15) is 14.0 Å². The summed E-state index contributed by atoms with van der Waals surface area (Å²) in [5, 5.41) is 11.0. The molecule has 0 bridgehead atoms. The Hall–Kier alpha value is -2.71. The fourth-order valence-electron chi connectivity index (χ4n) is 3.19. The number of H-pyrrole nitrogens is 1. The van der Waals surface area contributed by atoms with Gasteiger partial charge in [-0.25, -0.2) is 4.39 Å². The average molecular weight is 392 g/mol. The molecule has 1 aliphatic heterocycles. The van der Waals surface area contributed by atoms with E-state index in [1.807, 2.05) is 10.7 Å². The maximum Gasteiger partial charge on any atom is 0.252 e. The van der Waals surface area contributed by atoms with Crippen LogP contribution in [0, 0.1) is 5.82 Å². The number of amides is 1. The Balaban J connectivity index is 0.00000210. The van der Waals surface area contributed by atoms with Gasteiger partial charge in [0, 0.05) is 30.1 Å². The van der Waals surface area contributed by atoms with Gasteiger partial charge in [-0.15, -0.1) is 12.4 Å². The van der Waals surface area contributed by atoms with Crippen LogP contribution in [0.3, 0.4) is 0 Å². The summed E-state index contributed by atoms with van der Waals surface area (Å²) in [4.78, 5) is 26.9. The van der Waals surface area contributed by atoms with E-state index >= 15 is 0 Å². The lowest BCUT2D eigenvalue weighted by atomic mass is 10.1. The molecule has 0 fully saturated rings. The van der Waals surface area contributed by atoms with E-state index < -0.39 is 17.3 Å². The summed E-state index contributed by atoms with van der Waals surface area (Å²) >= 11 is 0. The van der Waals surface area contributed by atoms with Crippen molar-refractivity contribution in [2.24, 2.45) is 0 Å². The second-order valence-electron chi connectivity index (χ2n) is 6.30. The Labute approximate surface area is 160 Å². The van der Waals surface area contributed by atoms with Crippen LogP contribution >= 0.6 is 12.4 Å². The molecule has 0 spiro atoms. The molecule has 142 valence electrons. The first-order chi connectivity index (χ1) is 12.6. The van der Waals surface area contributed by atoms with E-state index in [-0.39, 0.29) is 24.5 Å². The second kappa shape index (κ2) is 7.89. The highest BCUT2D eigenvalue weighted by Crippen LogP contribution is 2.17. The molecule has 3 N–H and O–H groups in total. The van der Waals surface area contributed by atoms with Gasteiger partial charge in [0.2, 0.25) is 5.56 Å². The normalized spacial score (nSPS) is 13.5. The van der Waals surface area contributed by atoms with Crippen molar-refractivity contribution in [1.29, 1.82) is 0 Å². The maximum atomic E-state index is 13.6. The number of aromatic amines is 1. The number of fused-ring (bicyclic) bond motifs is 2. The van der Waals surface area contributed by atoms with E-state index in [1.54, 1.807) is 0 Å². The van der Waals surface area contributed by atoms with Crippen LogP contribution in [0.5, 0.6) is 0 Å². The molecule has 3 heterocycles. The monoisotopic (exact) mass is 391 g/mol. The molecule has 7 nitrogen and oxygen atoms in total. The first kappa shape index (κ1) is 19.1. The van der Waals surface area contributed by atoms with Crippen LogP contribution in [0.2, 0.25) is 0 Å². The Bertz CT molecular complexity index is 1020. The molecule has 0 saturated heterocycles. The summed E-state index contributed by atoms with van der Waals surface area (Å²) in [7, 11) is 0. The molecular formula is C18H19ClFN5O2. The number of aryl methyl sites for hydroxylation is 1. The van der Waals surface area contributed by atoms with E-state index in [1.165, 1.54) is 24.3 Å². The number of hydrogen-bond acceptors (Lipinski definition) is 4. The summed E-state index contributed by atoms with van der Waals surface area (Å²) < 4.78 is 15.5. The predicted molar refractivity (Wildman–Crippen MR) is 101 cm³/mol. The Morgan fingerprint density at radius 3 is 3.00 bits per heavy atom. The Morgan fingerprint density at radius 2 is 2.15 bits per heavy atom. The third-order valence-electron chi connectivity index (χ3n) is 4.42. The number of hydrogen-bond donors (Lipinski definition) is 3. The van der Waals surface area contributed by atoms with Crippen molar-refractivity contribution in [2.75, 3.05) is 6.54 Å². The van der Waals surface area contributed by atoms with E-state index in [4.69, 9.17) is 0 Å². The summed E-state index contributed by atoms with van der Waals surface area (Å²) in [6, 6.07) is 7.07. The van der Waals surface area contributed by atoms with Crippen molar-refractivity contribution in [2.45, 2.75) is 26.1 Å². The van der Waals surface area contributed by atoms with Crippen LogP contribution < -0.4 is 16.2 Å². The minimum atomic E-state index is -0.469. The number of carbonyl (C=O) groups excluding carboxylic acids is 1. The van der Waals surface area contributed by atoms with Crippen LogP contribution in [0.15, 0.2) is 35.1 Å². The smallest absolute Gasteiger partial charge is 0.252 e. The molecule has 9 heteroatoms. The van der Waals surface area contributed by atoms with Gasteiger partial charge in [0.15, 0.2) is 0 Å². The molecule has 0 radical (unpaired) electrons. The van der Waals surface area contributed by atoms with Crippen molar-refractivity contribution >= 4 is 29.2 Å². The molecule has 0 unspecified atom stereocenters. The number of nitrogens with zero attached hydrogens (tertiary/aromatic N) is 2. The van der Waals surface area contributed by atoms with E-state index in [0.29, 0.717) is 10.9 Å². The zero-order valence-electron chi connectivity index (χ0n) is 14.4. The minimum absolute atomic E-state index is 0. The van der Waals surface area contributed by atoms with Crippen molar-refractivity contribution in [3.63, 3.8) is 0 Å². The van der Waals surface area contributed by atoms with Gasteiger partial charge in [-0.3, -0.25) is 14.3 Å². The molecule has 3 aromatic rings. The molecular weight excluding hydrogens is 373 g/mol. The number of halogens is 2. The lowest BCUT2D eigenvalue weighted by molar-refractivity contribution is 0.0952. The quantitative estimate of drug-likeness (QED) is 0.633. The zero-order valence-corrected chi connectivity index (χ0v) is 15.2. The fraction of sp³-hybridized carbons (Fsp3) is 0.278. The number of carbonyl (C=O) groups is 1. The molecule has 0 saturated carbocycles. The topological polar surface area (TPSA) is 91.8 Å². The lowest BCUT2D eigenvalue weighted by Crippen LogP contribution is -2.25. The minimum Gasteiger partial charge on any atom is -0.346 e. The molecule has 2 aromatic heterocycles. The summed E-state index contributed by atoms with van der Waals surface area (Å²) in [5.74, 6) is -0.906. The SMILES string of the molecule is Cl.O=C(NCc1cc2n(n1)CCCNC2)c1cc(=O)[nH]c2ccc(F)cc12. The number of pyridine rings is 1. The van der Waals surface area contributed by atoms with Gasteiger partial charge in [0.1, 0.15) is 5.82 Å². The molecule has 1 amide bonds. The third-order valence-corrected chi connectivity index (χ3v) is 4.42. The molecule has 0 aliphatic carbocycles. The fourth-order valence-corrected chi connectivity index (χ4v) is 3.19. The van der Waals surface area contributed by atoms with Gasteiger partial charge in [-0.1, -0.05) is 0 Å². The van der Waals surface area contributed by atoms with Gasteiger partial charge < -0.3 is 15.6 Å². The first-order valence-corrected chi connectivity index (χ1v) is 8.47. The molecule has 27 heavy (non-hydrogen) atoms. The summed E-state index contributed by atoms with van der Waals surface area (Å²) in [5.41, 5.74) is 1.98. The van der Waals surface area contributed by atoms with Gasteiger partial charge in [0.05, 0.1) is 23.5 Å². The first-order valence-electron chi connectivity index (χ1n) is 8.47. The van der Waals surface area contributed by atoms with Crippen molar-refractivity contribution in [3.05, 3.63) is 63.5 Å². The van der Waals surface area contributed by atoms with Crippen LogP contribution in [-0.4, -0.2) is 27.2 Å². The van der Waals surface area contributed by atoms with E-state index in [2.05, 4.69) is 20.7 Å². The Morgan fingerprint density at radius 1 is 1.30 bits per heavy atom. The molecule has 4 rings (SSSR count). The number of nitrogens with one attached hydrogen (secondary N) is 3. The molecule has 1 aliphatic rings. The van der Waals surface area contributed by atoms with Crippen molar-refractivity contribution < 1.29 is 9.18 Å². The van der Waals surface area contributed by atoms with Crippen LogP contribution in [0.1, 0.15) is 28.2 Å². The average Bonchev–Trinajstić information content (AvgIpc) is 2.88. The second-order valence-corrected chi connectivity index (χ2v) is 6.30.